The number of benzene rings is 2. The molecule has 106 valence electrons. The Morgan fingerprint density at radius 1 is 1.10 bits per heavy atom. The van der Waals surface area contributed by atoms with E-state index < -0.39 is 23.5 Å². The van der Waals surface area contributed by atoms with Gasteiger partial charge in [0.15, 0.2) is 0 Å². The molecular formula is C15H13ClF3N. The number of hydrogen-bond acceptors (Lipinski definition) is 1. The lowest BCUT2D eigenvalue weighted by Gasteiger charge is -2.19. The third kappa shape index (κ3) is 3.14. The van der Waals surface area contributed by atoms with Gasteiger partial charge in [-0.05, 0) is 43.3 Å². The molecule has 5 heteroatoms. The van der Waals surface area contributed by atoms with Crippen molar-refractivity contribution in [2.45, 2.75) is 12.5 Å². The Bertz CT molecular complexity index is 596. The van der Waals surface area contributed by atoms with E-state index in [0.717, 1.165) is 0 Å². The van der Waals surface area contributed by atoms with Crippen LogP contribution in [0.15, 0.2) is 36.4 Å². The molecule has 20 heavy (non-hydrogen) atoms. The lowest BCUT2D eigenvalue weighted by Crippen LogP contribution is -2.21. The summed E-state index contributed by atoms with van der Waals surface area (Å²) in [7, 11) is 1.61. The second-order valence-electron chi connectivity index (χ2n) is 4.42. The number of nitrogens with one attached hydrogen (secondary N) is 1. The Labute approximate surface area is 120 Å². The maximum absolute atomic E-state index is 13.8. The summed E-state index contributed by atoms with van der Waals surface area (Å²) in [6.45, 7) is 0. The summed E-state index contributed by atoms with van der Waals surface area (Å²) in [5.74, 6) is -1.69. The molecule has 1 unspecified atom stereocenters. The van der Waals surface area contributed by atoms with Gasteiger partial charge in [0.1, 0.15) is 17.5 Å². The highest BCUT2D eigenvalue weighted by Gasteiger charge is 2.20. The fraction of sp³-hybridized carbons (Fsp3) is 0.200. The largest absolute Gasteiger partial charge is 0.313 e. The van der Waals surface area contributed by atoms with Gasteiger partial charge >= 0.3 is 0 Å². The normalized spacial score (nSPS) is 12.4. The first-order valence-corrected chi connectivity index (χ1v) is 6.46. The zero-order valence-electron chi connectivity index (χ0n) is 10.8. The predicted octanol–water partition coefficient (Wildman–Crippen LogP) is 4.26. The first-order valence-electron chi connectivity index (χ1n) is 6.08. The molecule has 0 aliphatic carbocycles. The van der Waals surface area contributed by atoms with Gasteiger partial charge in [0.2, 0.25) is 0 Å². The van der Waals surface area contributed by atoms with Gasteiger partial charge in [-0.25, -0.2) is 13.2 Å². The minimum atomic E-state index is -0.623. The average molecular weight is 300 g/mol. The van der Waals surface area contributed by atoms with Crippen LogP contribution < -0.4 is 5.32 Å². The smallest absolute Gasteiger partial charge is 0.130 e. The molecule has 2 aromatic carbocycles. The fourth-order valence-electron chi connectivity index (χ4n) is 2.10. The van der Waals surface area contributed by atoms with Crippen LogP contribution in [0.1, 0.15) is 17.2 Å². The van der Waals surface area contributed by atoms with E-state index in [9.17, 15) is 13.2 Å². The lowest BCUT2D eigenvalue weighted by atomic mass is 9.98. The molecule has 0 bridgehead atoms. The zero-order valence-corrected chi connectivity index (χ0v) is 11.5. The van der Waals surface area contributed by atoms with Gasteiger partial charge in [0.05, 0.1) is 0 Å². The van der Waals surface area contributed by atoms with Crippen LogP contribution in [0.4, 0.5) is 13.2 Å². The van der Waals surface area contributed by atoms with E-state index in [2.05, 4.69) is 5.32 Å². The van der Waals surface area contributed by atoms with E-state index >= 15 is 0 Å². The summed E-state index contributed by atoms with van der Waals surface area (Å²) >= 11 is 5.94. The average Bonchev–Trinajstić information content (AvgIpc) is 2.39. The second-order valence-corrected chi connectivity index (χ2v) is 4.82. The molecule has 1 nitrogen and oxygen atoms in total. The first kappa shape index (κ1) is 14.9. The van der Waals surface area contributed by atoms with E-state index in [0.29, 0.717) is 5.56 Å². The van der Waals surface area contributed by atoms with Gasteiger partial charge < -0.3 is 5.32 Å². The number of likely N-dealkylation sites (N-methyl/N-ethyl adjacent to an activating group) is 1. The van der Waals surface area contributed by atoms with Crippen molar-refractivity contribution >= 4 is 11.6 Å². The topological polar surface area (TPSA) is 12.0 Å². The van der Waals surface area contributed by atoms with Gasteiger partial charge in [-0.3, -0.25) is 0 Å². The molecule has 0 saturated carbocycles. The summed E-state index contributed by atoms with van der Waals surface area (Å²) in [5.41, 5.74) is 0.575. The summed E-state index contributed by atoms with van der Waals surface area (Å²) in [5, 5.41) is 3.10. The summed E-state index contributed by atoms with van der Waals surface area (Å²) in [6.07, 6.45) is 0.257. The summed E-state index contributed by atoms with van der Waals surface area (Å²) < 4.78 is 40.6. The fourth-order valence-corrected chi connectivity index (χ4v) is 2.34. The quantitative estimate of drug-likeness (QED) is 0.889. The van der Waals surface area contributed by atoms with Crippen LogP contribution >= 0.6 is 11.6 Å². The van der Waals surface area contributed by atoms with Crippen LogP contribution in [0.3, 0.4) is 0 Å². The molecule has 0 aliphatic rings. The van der Waals surface area contributed by atoms with Crippen molar-refractivity contribution in [3.05, 3.63) is 70.0 Å². The lowest BCUT2D eigenvalue weighted by molar-refractivity contribution is 0.489. The van der Waals surface area contributed by atoms with Crippen molar-refractivity contribution < 1.29 is 13.2 Å². The van der Waals surface area contributed by atoms with Gasteiger partial charge in [-0.1, -0.05) is 23.7 Å². The Kier molecular flexibility index (Phi) is 4.68. The number of rotatable bonds is 4. The minimum absolute atomic E-state index is 0.0459. The zero-order chi connectivity index (χ0) is 14.7. The monoisotopic (exact) mass is 299 g/mol. The summed E-state index contributed by atoms with van der Waals surface area (Å²) in [6, 6.07) is 7.10. The van der Waals surface area contributed by atoms with Crippen molar-refractivity contribution in [1.29, 1.82) is 0 Å². The van der Waals surface area contributed by atoms with Crippen LogP contribution in [-0.2, 0) is 6.42 Å². The Hall–Kier alpha value is -1.52. The van der Waals surface area contributed by atoms with Crippen molar-refractivity contribution in [2.75, 3.05) is 7.05 Å². The highest BCUT2D eigenvalue weighted by molar-refractivity contribution is 6.31. The van der Waals surface area contributed by atoms with Crippen LogP contribution in [0, 0.1) is 17.5 Å². The second kappa shape index (κ2) is 6.29. The maximum atomic E-state index is 13.8. The van der Waals surface area contributed by atoms with Crippen molar-refractivity contribution in [2.24, 2.45) is 0 Å². The van der Waals surface area contributed by atoms with Gasteiger partial charge in [-0.15, -0.1) is 0 Å². The van der Waals surface area contributed by atoms with E-state index in [4.69, 9.17) is 11.6 Å². The Balaban J connectivity index is 2.34. The maximum Gasteiger partial charge on any atom is 0.130 e. The molecule has 0 saturated heterocycles. The van der Waals surface area contributed by atoms with Crippen molar-refractivity contribution in [1.82, 2.24) is 5.32 Å². The molecule has 0 aliphatic heterocycles. The highest BCUT2D eigenvalue weighted by Crippen LogP contribution is 2.27. The number of halogens is 4. The standard InChI is InChI=1S/C15H13ClF3N/c1-20-14(15-12(18)3-2-4-13(15)19)7-9-5-6-10(17)8-11(9)16/h2-6,8,14,20H,7H2,1H3. The SMILES string of the molecule is CNC(Cc1ccc(F)cc1Cl)c1c(F)cccc1F. The molecule has 1 N–H and O–H groups in total. The Morgan fingerprint density at radius 2 is 1.75 bits per heavy atom. The van der Waals surface area contributed by atoms with Gasteiger partial charge in [0.25, 0.3) is 0 Å². The molecule has 0 fully saturated rings. The molecule has 2 rings (SSSR count). The van der Waals surface area contributed by atoms with E-state index in [1.807, 2.05) is 0 Å². The van der Waals surface area contributed by atoms with E-state index in [-0.39, 0.29) is 17.0 Å². The molecule has 0 radical (unpaired) electrons. The summed E-state index contributed by atoms with van der Waals surface area (Å²) in [4.78, 5) is 0. The molecule has 1 atom stereocenters. The molecular weight excluding hydrogens is 287 g/mol. The van der Waals surface area contributed by atoms with E-state index in [1.54, 1.807) is 7.05 Å². The van der Waals surface area contributed by atoms with Crippen LogP contribution in [-0.4, -0.2) is 7.05 Å². The predicted molar refractivity (Wildman–Crippen MR) is 73.3 cm³/mol. The van der Waals surface area contributed by atoms with Crippen molar-refractivity contribution in [3.8, 4) is 0 Å². The number of hydrogen-bond donors (Lipinski definition) is 1. The van der Waals surface area contributed by atoms with Gasteiger partial charge in [0, 0.05) is 16.6 Å². The molecule has 0 spiro atoms. The molecule has 0 aromatic heterocycles. The van der Waals surface area contributed by atoms with Crippen LogP contribution in [0.2, 0.25) is 5.02 Å². The third-order valence-electron chi connectivity index (χ3n) is 3.14. The minimum Gasteiger partial charge on any atom is -0.313 e. The first-order chi connectivity index (χ1) is 9.52. The van der Waals surface area contributed by atoms with Gasteiger partial charge in [-0.2, -0.15) is 0 Å². The van der Waals surface area contributed by atoms with E-state index in [1.165, 1.54) is 36.4 Å². The molecule has 0 heterocycles. The molecule has 0 amide bonds. The highest BCUT2D eigenvalue weighted by atomic mass is 35.5. The molecule has 2 aromatic rings. The Morgan fingerprint density at radius 3 is 2.30 bits per heavy atom. The van der Waals surface area contributed by atoms with Crippen LogP contribution in [0.25, 0.3) is 0 Å². The third-order valence-corrected chi connectivity index (χ3v) is 3.49. The van der Waals surface area contributed by atoms with Crippen LogP contribution in [0.5, 0.6) is 0 Å². The van der Waals surface area contributed by atoms with Crippen molar-refractivity contribution in [3.63, 3.8) is 0 Å².